The van der Waals surface area contributed by atoms with Crippen LogP contribution in [0.5, 0.6) is 0 Å². The molecule has 1 aliphatic rings. The summed E-state index contributed by atoms with van der Waals surface area (Å²) in [5.41, 5.74) is 0.989. The molecule has 3 aromatic rings. The van der Waals surface area contributed by atoms with E-state index in [0.717, 1.165) is 37.6 Å². The maximum Gasteiger partial charge on any atom is 0.215 e. The monoisotopic (exact) mass is 374 g/mol. The van der Waals surface area contributed by atoms with E-state index in [1.54, 1.807) is 28.4 Å². The van der Waals surface area contributed by atoms with E-state index in [0.29, 0.717) is 6.54 Å². The quantitative estimate of drug-likeness (QED) is 0.629. The molecule has 1 aliphatic heterocycles. The van der Waals surface area contributed by atoms with Crippen LogP contribution in [0.2, 0.25) is 0 Å². The second-order valence-electron chi connectivity index (χ2n) is 6.88. The summed E-state index contributed by atoms with van der Waals surface area (Å²) >= 11 is 1.75. The summed E-state index contributed by atoms with van der Waals surface area (Å²) in [5.74, 6) is 0.651. The lowest BCUT2D eigenvalue weighted by Crippen LogP contribution is -3.27. The Morgan fingerprint density at radius 1 is 1.15 bits per heavy atom. The minimum Gasteiger partial charge on any atom is -0.328 e. The first-order valence-corrected chi connectivity index (χ1v) is 9.78. The molecule has 0 aliphatic carbocycles. The molecule has 1 saturated heterocycles. The third kappa shape index (κ3) is 3.67. The zero-order valence-electron chi connectivity index (χ0n) is 14.7. The number of piperazine rings is 1. The van der Waals surface area contributed by atoms with Crippen molar-refractivity contribution in [2.45, 2.75) is 12.6 Å². The van der Waals surface area contributed by atoms with Crippen LogP contribution >= 0.6 is 11.3 Å². The van der Waals surface area contributed by atoms with E-state index < -0.39 is 0 Å². The number of tetrazole rings is 1. The van der Waals surface area contributed by atoms with E-state index in [1.807, 2.05) is 4.68 Å². The molecule has 2 aromatic heterocycles. The molecule has 0 unspecified atom stereocenters. The number of aromatic nitrogens is 4. The van der Waals surface area contributed by atoms with Gasteiger partial charge in [-0.15, -0.1) is 16.4 Å². The highest BCUT2D eigenvalue weighted by atomic mass is 32.1. The number of hydrogen-bond donors (Lipinski definition) is 2. The van der Waals surface area contributed by atoms with Gasteiger partial charge in [-0.25, -0.2) is 9.07 Å². The minimum absolute atomic E-state index is 0.138. The summed E-state index contributed by atoms with van der Waals surface area (Å²) in [4.78, 5) is 4.37. The molecule has 8 heteroatoms. The first-order valence-electron chi connectivity index (χ1n) is 8.90. The number of quaternary nitrogens is 2. The lowest BCUT2D eigenvalue weighted by atomic mass is 10.1. The number of rotatable bonds is 5. The van der Waals surface area contributed by atoms with Crippen molar-refractivity contribution < 1.29 is 14.2 Å². The fourth-order valence-corrected chi connectivity index (χ4v) is 4.43. The number of likely N-dealkylation sites (N-methyl/N-ethyl adjacent to an activating group) is 1. The van der Waals surface area contributed by atoms with Crippen molar-refractivity contribution in [2.75, 3.05) is 33.2 Å². The van der Waals surface area contributed by atoms with Crippen molar-refractivity contribution in [2.24, 2.45) is 0 Å². The molecule has 3 heterocycles. The lowest BCUT2D eigenvalue weighted by Gasteiger charge is -2.32. The van der Waals surface area contributed by atoms with E-state index >= 15 is 0 Å². The summed E-state index contributed by atoms with van der Waals surface area (Å²) in [7, 11) is 2.25. The Balaban J connectivity index is 1.64. The zero-order valence-corrected chi connectivity index (χ0v) is 15.5. The van der Waals surface area contributed by atoms with Crippen LogP contribution in [0.25, 0.3) is 0 Å². The van der Waals surface area contributed by atoms with Crippen LogP contribution in [-0.4, -0.2) is 53.4 Å². The highest BCUT2D eigenvalue weighted by Gasteiger charge is 2.35. The fourth-order valence-electron chi connectivity index (χ4n) is 3.55. The van der Waals surface area contributed by atoms with Gasteiger partial charge in [-0.1, -0.05) is 18.2 Å². The predicted octanol–water partition coefficient (Wildman–Crippen LogP) is -0.575. The summed E-state index contributed by atoms with van der Waals surface area (Å²) < 4.78 is 15.0. The van der Waals surface area contributed by atoms with Crippen molar-refractivity contribution in [3.8, 4) is 0 Å². The van der Waals surface area contributed by atoms with E-state index in [4.69, 9.17) is 0 Å². The first-order chi connectivity index (χ1) is 12.7. The van der Waals surface area contributed by atoms with E-state index in [-0.39, 0.29) is 11.9 Å². The van der Waals surface area contributed by atoms with Crippen LogP contribution in [0.15, 0.2) is 41.8 Å². The molecule has 0 spiro atoms. The fraction of sp³-hybridized carbons (Fsp3) is 0.389. The predicted molar refractivity (Wildman–Crippen MR) is 96.8 cm³/mol. The van der Waals surface area contributed by atoms with Crippen LogP contribution in [0, 0.1) is 5.82 Å². The second-order valence-corrected chi connectivity index (χ2v) is 7.86. The van der Waals surface area contributed by atoms with Gasteiger partial charge in [-0.05, 0) is 39.6 Å². The van der Waals surface area contributed by atoms with Gasteiger partial charge in [0.15, 0.2) is 6.04 Å². The third-order valence-corrected chi connectivity index (χ3v) is 5.98. The van der Waals surface area contributed by atoms with Gasteiger partial charge < -0.3 is 9.80 Å². The normalized spacial score (nSPS) is 21.6. The highest BCUT2D eigenvalue weighted by Crippen LogP contribution is 2.22. The Hall–Kier alpha value is -2.16. The minimum atomic E-state index is -0.230. The maximum absolute atomic E-state index is 13.2. The molecule has 2 N–H and O–H groups in total. The largest absolute Gasteiger partial charge is 0.328 e. The van der Waals surface area contributed by atoms with Gasteiger partial charge in [0.2, 0.25) is 5.82 Å². The Morgan fingerprint density at radius 3 is 2.62 bits per heavy atom. The van der Waals surface area contributed by atoms with Crippen LogP contribution in [0.1, 0.15) is 22.3 Å². The number of halogens is 1. The van der Waals surface area contributed by atoms with Crippen molar-refractivity contribution >= 4 is 11.3 Å². The number of hydrogen-bond acceptors (Lipinski definition) is 4. The molecular formula is C18H23FN6S+2. The summed E-state index contributed by atoms with van der Waals surface area (Å²) in [6.45, 7) is 5.03. The number of thiophene rings is 1. The third-order valence-electron chi connectivity index (χ3n) is 5.05. The molecule has 0 radical (unpaired) electrons. The van der Waals surface area contributed by atoms with Gasteiger partial charge in [0.25, 0.3) is 0 Å². The standard InChI is InChI=1S/C18H21FN6S/c1-23-8-10-24(11-9-23)17(16-3-2-12-26-16)18-20-21-22-25(18)13-14-4-6-15(19)7-5-14/h2-7,12,17H,8-11,13H2,1H3/p+2/t17-/m1/s1. The highest BCUT2D eigenvalue weighted by molar-refractivity contribution is 7.10. The van der Waals surface area contributed by atoms with Crippen molar-refractivity contribution in [1.29, 1.82) is 0 Å². The van der Waals surface area contributed by atoms with Crippen LogP contribution in [0.3, 0.4) is 0 Å². The maximum atomic E-state index is 13.2. The van der Waals surface area contributed by atoms with Crippen molar-refractivity contribution in [1.82, 2.24) is 20.2 Å². The molecule has 0 saturated carbocycles. The van der Waals surface area contributed by atoms with Gasteiger partial charge in [0, 0.05) is 0 Å². The van der Waals surface area contributed by atoms with Gasteiger partial charge in [-0.2, -0.15) is 0 Å². The Kier molecular flexibility index (Phi) is 5.05. The van der Waals surface area contributed by atoms with Crippen molar-refractivity contribution in [3.63, 3.8) is 0 Å². The topological polar surface area (TPSA) is 52.5 Å². The summed E-state index contributed by atoms with van der Waals surface area (Å²) in [5, 5.41) is 14.7. The van der Waals surface area contributed by atoms with Crippen LogP contribution < -0.4 is 9.80 Å². The smallest absolute Gasteiger partial charge is 0.215 e. The first kappa shape index (κ1) is 17.3. The SMILES string of the molecule is C[NH+]1CC[NH+]([C@H](c2cccs2)c2nnnn2Cc2ccc(F)cc2)CC1. The summed E-state index contributed by atoms with van der Waals surface area (Å²) in [6.07, 6.45) is 0. The Labute approximate surface area is 155 Å². The molecule has 0 bridgehead atoms. The van der Waals surface area contributed by atoms with Crippen LogP contribution in [-0.2, 0) is 6.54 Å². The summed E-state index contributed by atoms with van der Waals surface area (Å²) in [6, 6.07) is 10.9. The molecule has 136 valence electrons. The average molecular weight is 374 g/mol. The average Bonchev–Trinajstić information content (AvgIpc) is 3.32. The molecule has 1 atom stereocenters. The number of nitrogens with one attached hydrogen (secondary N) is 2. The van der Waals surface area contributed by atoms with E-state index in [2.05, 4.69) is 40.1 Å². The molecule has 26 heavy (non-hydrogen) atoms. The van der Waals surface area contributed by atoms with Crippen molar-refractivity contribution in [3.05, 3.63) is 63.9 Å². The molecule has 4 rings (SSSR count). The van der Waals surface area contributed by atoms with Gasteiger partial charge in [0.05, 0.1) is 18.5 Å². The number of benzene rings is 1. The van der Waals surface area contributed by atoms with E-state index in [9.17, 15) is 4.39 Å². The van der Waals surface area contributed by atoms with Gasteiger partial charge in [-0.3, -0.25) is 0 Å². The molecule has 1 fully saturated rings. The molecule has 6 nitrogen and oxygen atoms in total. The van der Waals surface area contributed by atoms with Crippen LogP contribution in [0.4, 0.5) is 4.39 Å². The second kappa shape index (κ2) is 7.61. The van der Waals surface area contributed by atoms with E-state index in [1.165, 1.54) is 21.9 Å². The Morgan fingerprint density at radius 2 is 1.92 bits per heavy atom. The molecule has 1 aromatic carbocycles. The van der Waals surface area contributed by atoms with Gasteiger partial charge >= 0.3 is 0 Å². The lowest BCUT2D eigenvalue weighted by molar-refractivity contribution is -1.02. The molecule has 0 amide bonds. The molecular weight excluding hydrogens is 351 g/mol. The Bertz CT molecular complexity index is 824. The zero-order chi connectivity index (χ0) is 17.9. The number of nitrogens with zero attached hydrogens (tertiary/aromatic N) is 4. The van der Waals surface area contributed by atoms with Gasteiger partial charge in [0.1, 0.15) is 32.0 Å².